The number of carboxylic acids is 1. The molecule has 2 N–H and O–H groups in total. The molecule has 0 radical (unpaired) electrons. The van der Waals surface area contributed by atoms with Gasteiger partial charge in [-0.3, -0.25) is 19.6 Å². The summed E-state index contributed by atoms with van der Waals surface area (Å²) in [6, 6.07) is 0.951. The maximum Gasteiger partial charge on any atom is 0.303 e. The van der Waals surface area contributed by atoms with Crippen LogP contribution in [-0.2, 0) is 29.1 Å². The SMILES string of the molecule is O=C(O)CCc1cc2n(n1)CCCN(C(=O)[C@@H]1CC(F)(F)CN1)C2. The minimum atomic E-state index is -2.84. The van der Waals surface area contributed by atoms with Crippen LogP contribution in [0.3, 0.4) is 0 Å². The Morgan fingerprint density at radius 3 is 2.88 bits per heavy atom. The largest absolute Gasteiger partial charge is 0.481 e. The molecule has 0 aliphatic carbocycles. The van der Waals surface area contributed by atoms with Gasteiger partial charge in [-0.05, 0) is 12.5 Å². The molecule has 2 aliphatic rings. The van der Waals surface area contributed by atoms with Gasteiger partial charge in [0.2, 0.25) is 5.91 Å². The van der Waals surface area contributed by atoms with E-state index in [1.807, 2.05) is 0 Å². The highest BCUT2D eigenvalue weighted by molar-refractivity contribution is 5.82. The third-order valence-corrected chi connectivity index (χ3v) is 4.38. The second-order valence-corrected chi connectivity index (χ2v) is 6.35. The first-order valence-corrected chi connectivity index (χ1v) is 8.01. The molecule has 1 amide bonds. The van der Waals surface area contributed by atoms with Crippen molar-refractivity contribution in [2.24, 2.45) is 0 Å². The first-order valence-electron chi connectivity index (χ1n) is 8.01. The molecule has 0 bridgehead atoms. The van der Waals surface area contributed by atoms with E-state index in [0.717, 1.165) is 5.69 Å². The van der Waals surface area contributed by atoms with Crippen LogP contribution in [0.1, 0.15) is 30.7 Å². The lowest BCUT2D eigenvalue weighted by Crippen LogP contribution is -2.43. The van der Waals surface area contributed by atoms with Gasteiger partial charge in [0.05, 0.1) is 36.9 Å². The van der Waals surface area contributed by atoms with Gasteiger partial charge >= 0.3 is 5.97 Å². The van der Waals surface area contributed by atoms with Crippen molar-refractivity contribution in [2.45, 2.75) is 50.7 Å². The van der Waals surface area contributed by atoms with Gasteiger partial charge in [-0.25, -0.2) is 8.78 Å². The number of aryl methyl sites for hydroxylation is 2. The van der Waals surface area contributed by atoms with Crippen LogP contribution < -0.4 is 5.32 Å². The summed E-state index contributed by atoms with van der Waals surface area (Å²) in [6.45, 7) is 0.966. The van der Waals surface area contributed by atoms with Gasteiger partial charge in [0.15, 0.2) is 0 Å². The number of carboxylic acid groups (broad SMARTS) is 1. The number of carbonyl (C=O) groups is 2. The minimum Gasteiger partial charge on any atom is -0.481 e. The van der Waals surface area contributed by atoms with E-state index in [-0.39, 0.29) is 12.3 Å². The number of nitrogens with one attached hydrogen (secondary N) is 1. The zero-order chi connectivity index (χ0) is 17.3. The van der Waals surface area contributed by atoms with E-state index in [1.54, 1.807) is 15.6 Å². The molecule has 0 unspecified atom stereocenters. The summed E-state index contributed by atoms with van der Waals surface area (Å²) >= 11 is 0. The van der Waals surface area contributed by atoms with Crippen molar-refractivity contribution in [1.29, 1.82) is 0 Å². The Balaban J connectivity index is 1.68. The second-order valence-electron chi connectivity index (χ2n) is 6.35. The molecular weight excluding hydrogens is 322 g/mol. The number of fused-ring (bicyclic) bond motifs is 1. The minimum absolute atomic E-state index is 0.000174. The predicted molar refractivity (Wildman–Crippen MR) is 79.6 cm³/mol. The van der Waals surface area contributed by atoms with Crippen LogP contribution in [-0.4, -0.2) is 56.7 Å². The van der Waals surface area contributed by atoms with Crippen molar-refractivity contribution >= 4 is 11.9 Å². The highest BCUT2D eigenvalue weighted by Crippen LogP contribution is 2.27. The number of amides is 1. The molecule has 3 heterocycles. The summed E-state index contributed by atoms with van der Waals surface area (Å²) in [5, 5.41) is 15.7. The molecule has 1 fully saturated rings. The Kier molecular flexibility index (Phi) is 4.53. The zero-order valence-corrected chi connectivity index (χ0v) is 13.2. The van der Waals surface area contributed by atoms with Crippen LogP contribution in [0.15, 0.2) is 6.07 Å². The Morgan fingerprint density at radius 2 is 2.21 bits per heavy atom. The van der Waals surface area contributed by atoms with Gasteiger partial charge in [0.1, 0.15) is 0 Å². The van der Waals surface area contributed by atoms with Gasteiger partial charge in [-0.1, -0.05) is 0 Å². The lowest BCUT2D eigenvalue weighted by Gasteiger charge is -2.23. The van der Waals surface area contributed by atoms with Gasteiger partial charge in [0, 0.05) is 25.9 Å². The van der Waals surface area contributed by atoms with Crippen molar-refractivity contribution in [3.05, 3.63) is 17.5 Å². The average Bonchev–Trinajstić information content (AvgIpc) is 3.01. The maximum absolute atomic E-state index is 13.3. The maximum atomic E-state index is 13.3. The summed E-state index contributed by atoms with van der Waals surface area (Å²) in [4.78, 5) is 24.7. The summed E-state index contributed by atoms with van der Waals surface area (Å²) in [7, 11) is 0. The molecule has 1 aromatic heterocycles. The van der Waals surface area contributed by atoms with Crippen LogP contribution in [0.4, 0.5) is 8.78 Å². The first-order chi connectivity index (χ1) is 11.3. The molecule has 132 valence electrons. The van der Waals surface area contributed by atoms with Crippen molar-refractivity contribution < 1.29 is 23.5 Å². The molecule has 0 saturated carbocycles. The van der Waals surface area contributed by atoms with E-state index in [9.17, 15) is 18.4 Å². The summed E-state index contributed by atoms with van der Waals surface area (Å²) in [5.74, 6) is -4.03. The lowest BCUT2D eigenvalue weighted by atomic mass is 10.1. The number of halogens is 2. The number of carbonyl (C=O) groups excluding carboxylic acids is 1. The smallest absolute Gasteiger partial charge is 0.303 e. The second kappa shape index (κ2) is 6.46. The Hall–Kier alpha value is -2.03. The summed E-state index contributed by atoms with van der Waals surface area (Å²) < 4.78 is 28.4. The quantitative estimate of drug-likeness (QED) is 0.838. The van der Waals surface area contributed by atoms with Gasteiger partial charge in [0.25, 0.3) is 5.92 Å². The number of alkyl halides is 2. The van der Waals surface area contributed by atoms with Gasteiger partial charge < -0.3 is 10.0 Å². The van der Waals surface area contributed by atoms with E-state index in [2.05, 4.69) is 10.4 Å². The fourth-order valence-electron chi connectivity index (χ4n) is 3.18. The number of nitrogens with zero attached hydrogens (tertiary/aromatic N) is 3. The molecule has 1 atom stereocenters. The van der Waals surface area contributed by atoms with E-state index in [4.69, 9.17) is 5.11 Å². The average molecular weight is 342 g/mol. The third kappa shape index (κ3) is 3.72. The van der Waals surface area contributed by atoms with Crippen molar-refractivity contribution in [2.75, 3.05) is 13.1 Å². The Bertz CT molecular complexity index is 647. The van der Waals surface area contributed by atoms with Crippen LogP contribution in [0.25, 0.3) is 0 Å². The summed E-state index contributed by atoms with van der Waals surface area (Å²) in [6.07, 6.45) is 0.549. The van der Waals surface area contributed by atoms with Crippen LogP contribution in [0, 0.1) is 0 Å². The highest BCUT2D eigenvalue weighted by Gasteiger charge is 2.43. The zero-order valence-electron chi connectivity index (χ0n) is 13.2. The standard InChI is InChI=1S/C15H20F2N4O3/c16-15(17)7-12(18-9-15)14(24)20-4-1-5-21-11(8-20)6-10(19-21)2-3-13(22)23/h6,12,18H,1-5,7-9H2,(H,22,23)/t12-/m0/s1. The number of aliphatic carboxylic acids is 1. The molecule has 2 aliphatic heterocycles. The van der Waals surface area contributed by atoms with Crippen LogP contribution in [0.2, 0.25) is 0 Å². The van der Waals surface area contributed by atoms with Crippen LogP contribution >= 0.6 is 0 Å². The lowest BCUT2D eigenvalue weighted by molar-refractivity contribution is -0.137. The number of aromatic nitrogens is 2. The highest BCUT2D eigenvalue weighted by atomic mass is 19.3. The molecule has 0 aromatic carbocycles. The van der Waals surface area contributed by atoms with E-state index in [1.165, 1.54) is 0 Å². The normalized spacial score (nSPS) is 22.9. The van der Waals surface area contributed by atoms with E-state index >= 15 is 0 Å². The third-order valence-electron chi connectivity index (χ3n) is 4.38. The molecule has 1 saturated heterocycles. The molecule has 7 nitrogen and oxygen atoms in total. The van der Waals surface area contributed by atoms with E-state index in [0.29, 0.717) is 38.2 Å². The monoisotopic (exact) mass is 342 g/mol. The number of hydrogen-bond donors (Lipinski definition) is 2. The molecule has 1 aromatic rings. The molecule has 0 spiro atoms. The number of hydrogen-bond acceptors (Lipinski definition) is 4. The summed E-state index contributed by atoms with van der Waals surface area (Å²) in [5.41, 5.74) is 1.48. The van der Waals surface area contributed by atoms with Crippen molar-refractivity contribution in [3.8, 4) is 0 Å². The molecular formula is C15H20F2N4O3. The van der Waals surface area contributed by atoms with Crippen molar-refractivity contribution in [3.63, 3.8) is 0 Å². The van der Waals surface area contributed by atoms with Gasteiger partial charge in [-0.15, -0.1) is 0 Å². The Labute approximate surface area is 137 Å². The predicted octanol–water partition coefficient (Wildman–Crippen LogP) is 0.630. The Morgan fingerprint density at radius 1 is 1.42 bits per heavy atom. The van der Waals surface area contributed by atoms with E-state index < -0.39 is 30.9 Å². The molecule has 9 heteroatoms. The van der Waals surface area contributed by atoms with Gasteiger partial charge in [-0.2, -0.15) is 5.10 Å². The molecule has 24 heavy (non-hydrogen) atoms. The van der Waals surface area contributed by atoms with Crippen LogP contribution in [0.5, 0.6) is 0 Å². The molecule has 3 rings (SSSR count). The fraction of sp³-hybridized carbons (Fsp3) is 0.667. The first kappa shape index (κ1) is 16.8. The number of rotatable bonds is 4. The topological polar surface area (TPSA) is 87.5 Å². The fourth-order valence-corrected chi connectivity index (χ4v) is 3.18. The van der Waals surface area contributed by atoms with Crippen molar-refractivity contribution in [1.82, 2.24) is 20.0 Å².